The number of hydrogen-bond acceptors (Lipinski definition) is 5. The smallest absolute Gasteiger partial charge is 0.317 e. The van der Waals surface area contributed by atoms with Gasteiger partial charge >= 0.3 is 5.97 Å². The Morgan fingerprint density at radius 2 is 2.04 bits per heavy atom. The van der Waals surface area contributed by atoms with Crippen LogP contribution in [-0.4, -0.2) is 85.8 Å². The van der Waals surface area contributed by atoms with Gasteiger partial charge in [0.05, 0.1) is 25.8 Å². The molecular formula is C19H35N3O4. The lowest BCUT2D eigenvalue weighted by Crippen LogP contribution is -2.50. The Morgan fingerprint density at radius 3 is 2.77 bits per heavy atom. The Labute approximate surface area is 157 Å². The fourth-order valence-electron chi connectivity index (χ4n) is 4.03. The maximum Gasteiger partial charge on any atom is 0.317 e. The Morgan fingerprint density at radius 1 is 1.27 bits per heavy atom. The van der Waals surface area contributed by atoms with E-state index in [1.807, 2.05) is 0 Å². The summed E-state index contributed by atoms with van der Waals surface area (Å²) in [6.45, 7) is 3.72. The molecule has 1 heterocycles. The number of likely N-dealkylation sites (N-methyl/N-ethyl adjacent to an activating group) is 1. The van der Waals surface area contributed by atoms with Gasteiger partial charge in [-0.05, 0) is 25.8 Å². The van der Waals surface area contributed by atoms with Crippen LogP contribution in [0.4, 0.5) is 0 Å². The largest absolute Gasteiger partial charge is 0.480 e. The molecule has 0 aromatic carbocycles. The number of nitrogens with one attached hydrogen (secondary N) is 1. The molecule has 150 valence electrons. The number of ether oxygens (including phenoxy) is 1. The average molecular weight is 370 g/mol. The molecule has 2 fully saturated rings. The van der Waals surface area contributed by atoms with E-state index in [0.717, 1.165) is 25.4 Å². The molecule has 0 bridgehead atoms. The highest BCUT2D eigenvalue weighted by molar-refractivity contribution is 5.78. The van der Waals surface area contributed by atoms with Gasteiger partial charge in [0.15, 0.2) is 0 Å². The van der Waals surface area contributed by atoms with Gasteiger partial charge in [-0.15, -0.1) is 0 Å². The highest BCUT2D eigenvalue weighted by Crippen LogP contribution is 2.26. The van der Waals surface area contributed by atoms with Crippen LogP contribution in [0.3, 0.4) is 0 Å². The summed E-state index contributed by atoms with van der Waals surface area (Å²) in [6, 6.07) is 0. The fourth-order valence-corrected chi connectivity index (χ4v) is 4.03. The summed E-state index contributed by atoms with van der Waals surface area (Å²) in [4.78, 5) is 26.7. The maximum atomic E-state index is 12.2. The van der Waals surface area contributed by atoms with Crippen molar-refractivity contribution >= 4 is 11.9 Å². The van der Waals surface area contributed by atoms with Crippen LogP contribution >= 0.6 is 0 Å². The first kappa shape index (κ1) is 21.1. The highest BCUT2D eigenvalue weighted by atomic mass is 16.5. The molecule has 1 saturated carbocycles. The molecule has 1 atom stereocenters. The monoisotopic (exact) mass is 369 g/mol. The third-order valence-corrected chi connectivity index (χ3v) is 5.35. The lowest BCUT2D eigenvalue weighted by atomic mass is 9.86. The average Bonchev–Trinajstić information content (AvgIpc) is 2.59. The summed E-state index contributed by atoms with van der Waals surface area (Å²) in [7, 11) is 1.77. The molecule has 7 nitrogen and oxygen atoms in total. The number of nitrogens with zero attached hydrogens (tertiary/aromatic N) is 2. The molecule has 26 heavy (non-hydrogen) atoms. The molecule has 2 N–H and O–H groups in total. The van der Waals surface area contributed by atoms with Crippen LogP contribution in [0.15, 0.2) is 0 Å². The molecule has 7 heteroatoms. The van der Waals surface area contributed by atoms with Gasteiger partial charge < -0.3 is 15.2 Å². The van der Waals surface area contributed by atoms with Crippen molar-refractivity contribution in [3.8, 4) is 0 Å². The van der Waals surface area contributed by atoms with E-state index in [1.165, 1.54) is 38.5 Å². The van der Waals surface area contributed by atoms with Crippen LogP contribution in [0.1, 0.15) is 44.9 Å². The van der Waals surface area contributed by atoms with Gasteiger partial charge in [0, 0.05) is 26.2 Å². The molecule has 0 aromatic heterocycles. The minimum atomic E-state index is -0.840. The highest BCUT2D eigenvalue weighted by Gasteiger charge is 2.23. The zero-order chi connectivity index (χ0) is 18.8. The Bertz CT molecular complexity index is 441. The number of carboxylic acid groups (broad SMARTS) is 1. The first-order valence-corrected chi connectivity index (χ1v) is 10.0. The Kier molecular flexibility index (Phi) is 9.36. The van der Waals surface area contributed by atoms with Crippen LogP contribution in [0.25, 0.3) is 0 Å². The number of rotatable bonds is 10. The van der Waals surface area contributed by atoms with Gasteiger partial charge in [0.1, 0.15) is 0 Å². The van der Waals surface area contributed by atoms with E-state index in [4.69, 9.17) is 9.84 Å². The lowest BCUT2D eigenvalue weighted by molar-refractivity contribution is -0.138. The predicted octanol–water partition coefficient (Wildman–Crippen LogP) is 1.18. The second kappa shape index (κ2) is 11.5. The molecule has 1 unspecified atom stereocenters. The SMILES string of the molecule is CN(CC(=O)O)CC1CN(CC(=O)NCCCC2CCCCC2)CCO1. The Hall–Kier alpha value is -1.18. The molecule has 2 rings (SSSR count). The van der Waals surface area contributed by atoms with Crippen LogP contribution in [0.2, 0.25) is 0 Å². The van der Waals surface area contributed by atoms with E-state index < -0.39 is 5.97 Å². The van der Waals surface area contributed by atoms with E-state index in [-0.39, 0.29) is 18.6 Å². The minimum Gasteiger partial charge on any atom is -0.480 e. The summed E-state index contributed by atoms with van der Waals surface area (Å²) >= 11 is 0. The minimum absolute atomic E-state index is 0.00133. The molecule has 0 aromatic rings. The molecule has 1 aliphatic heterocycles. The standard InChI is InChI=1S/C19H35N3O4/c1-21(15-19(24)25)12-17-13-22(10-11-26-17)14-18(23)20-9-5-8-16-6-3-2-4-7-16/h16-17H,2-15H2,1H3,(H,20,23)(H,24,25). The third kappa shape index (κ3) is 8.47. The third-order valence-electron chi connectivity index (χ3n) is 5.35. The zero-order valence-electron chi connectivity index (χ0n) is 16.1. The van der Waals surface area contributed by atoms with E-state index in [2.05, 4.69) is 10.2 Å². The fraction of sp³-hybridized carbons (Fsp3) is 0.895. The van der Waals surface area contributed by atoms with Crippen LogP contribution < -0.4 is 5.32 Å². The second-order valence-electron chi connectivity index (χ2n) is 7.81. The maximum absolute atomic E-state index is 12.2. The van der Waals surface area contributed by atoms with E-state index in [1.54, 1.807) is 11.9 Å². The molecule has 0 spiro atoms. The predicted molar refractivity (Wildman–Crippen MR) is 100 cm³/mol. The number of aliphatic carboxylic acids is 1. The van der Waals surface area contributed by atoms with Crippen LogP contribution in [0.5, 0.6) is 0 Å². The van der Waals surface area contributed by atoms with Crippen molar-refractivity contribution in [2.24, 2.45) is 5.92 Å². The number of hydrogen-bond donors (Lipinski definition) is 2. The van der Waals surface area contributed by atoms with Gasteiger partial charge in [0.2, 0.25) is 5.91 Å². The Balaban J connectivity index is 1.57. The molecule has 1 saturated heterocycles. The van der Waals surface area contributed by atoms with E-state index in [9.17, 15) is 9.59 Å². The molecule has 2 aliphatic rings. The normalized spacial score (nSPS) is 22.5. The lowest BCUT2D eigenvalue weighted by Gasteiger charge is -2.34. The van der Waals surface area contributed by atoms with Gasteiger partial charge in [0.25, 0.3) is 0 Å². The van der Waals surface area contributed by atoms with E-state index >= 15 is 0 Å². The van der Waals surface area contributed by atoms with Crippen molar-refractivity contribution in [1.29, 1.82) is 0 Å². The van der Waals surface area contributed by atoms with Crippen LogP contribution in [0, 0.1) is 5.92 Å². The van der Waals surface area contributed by atoms with E-state index in [0.29, 0.717) is 26.2 Å². The zero-order valence-corrected chi connectivity index (χ0v) is 16.1. The number of morpholine rings is 1. The number of carbonyl (C=O) groups is 2. The first-order chi connectivity index (χ1) is 12.5. The summed E-state index contributed by atoms with van der Waals surface area (Å²) in [6.07, 6.45) is 9.11. The molecular weight excluding hydrogens is 334 g/mol. The second-order valence-corrected chi connectivity index (χ2v) is 7.81. The number of carboxylic acids is 1. The van der Waals surface area contributed by atoms with Crippen molar-refractivity contribution in [1.82, 2.24) is 15.1 Å². The topological polar surface area (TPSA) is 82.1 Å². The molecule has 1 amide bonds. The summed E-state index contributed by atoms with van der Waals surface area (Å²) in [5, 5.41) is 11.9. The number of amides is 1. The van der Waals surface area contributed by atoms with Crippen molar-refractivity contribution in [2.45, 2.75) is 51.0 Å². The van der Waals surface area contributed by atoms with Gasteiger partial charge in [-0.3, -0.25) is 19.4 Å². The first-order valence-electron chi connectivity index (χ1n) is 10.0. The molecule has 0 radical (unpaired) electrons. The molecule has 1 aliphatic carbocycles. The van der Waals surface area contributed by atoms with Crippen molar-refractivity contribution in [3.05, 3.63) is 0 Å². The van der Waals surface area contributed by atoms with Crippen LogP contribution in [-0.2, 0) is 14.3 Å². The van der Waals surface area contributed by atoms with Crippen molar-refractivity contribution < 1.29 is 19.4 Å². The summed E-state index contributed by atoms with van der Waals surface area (Å²) < 4.78 is 5.70. The number of carbonyl (C=O) groups excluding carboxylic acids is 1. The quantitative estimate of drug-likeness (QED) is 0.563. The summed E-state index contributed by atoms with van der Waals surface area (Å²) in [5.41, 5.74) is 0. The summed E-state index contributed by atoms with van der Waals surface area (Å²) in [5.74, 6) is 0.101. The van der Waals surface area contributed by atoms with Crippen molar-refractivity contribution in [2.75, 3.05) is 52.9 Å². The van der Waals surface area contributed by atoms with Gasteiger partial charge in [-0.2, -0.15) is 0 Å². The van der Waals surface area contributed by atoms with Gasteiger partial charge in [-0.25, -0.2) is 0 Å². The van der Waals surface area contributed by atoms with Crippen molar-refractivity contribution in [3.63, 3.8) is 0 Å². The van der Waals surface area contributed by atoms with Gasteiger partial charge in [-0.1, -0.05) is 32.1 Å².